The van der Waals surface area contributed by atoms with Gasteiger partial charge >= 0.3 is 5.97 Å². The molecule has 1 aliphatic carbocycles. The van der Waals surface area contributed by atoms with E-state index in [2.05, 4.69) is 25.1 Å². The number of carbonyl (C=O) groups excluding carboxylic acids is 1. The highest BCUT2D eigenvalue weighted by Crippen LogP contribution is 2.37. The third-order valence-corrected chi connectivity index (χ3v) is 6.14. The van der Waals surface area contributed by atoms with Gasteiger partial charge in [-0.2, -0.15) is 5.26 Å². The van der Waals surface area contributed by atoms with Crippen LogP contribution in [0.5, 0.6) is 5.75 Å². The van der Waals surface area contributed by atoms with Crippen molar-refractivity contribution in [3.8, 4) is 11.8 Å². The molecule has 0 aromatic heterocycles. The predicted octanol–water partition coefficient (Wildman–Crippen LogP) is 6.94. The van der Waals surface area contributed by atoms with Crippen molar-refractivity contribution in [2.75, 3.05) is 0 Å². The molecule has 0 bridgehead atoms. The molecule has 2 aromatic rings. The number of carbonyl (C=O) groups is 1. The average Bonchev–Trinajstić information content (AvgIpc) is 2.75. The number of hydrogen-bond donors (Lipinski definition) is 0. The molecule has 0 amide bonds. The molecule has 2 aromatic carbocycles. The molecule has 0 aliphatic heterocycles. The van der Waals surface area contributed by atoms with Gasteiger partial charge in [0.1, 0.15) is 11.8 Å². The maximum atomic E-state index is 12.5. The van der Waals surface area contributed by atoms with Crippen LogP contribution in [-0.2, 0) is 0 Å². The average molecular weight is 390 g/mol. The Labute approximate surface area is 174 Å². The zero-order valence-electron chi connectivity index (χ0n) is 17.6. The third kappa shape index (κ3) is 5.70. The molecule has 1 aliphatic rings. The second-order valence-electron chi connectivity index (χ2n) is 8.34. The van der Waals surface area contributed by atoms with Gasteiger partial charge in [0.15, 0.2) is 0 Å². The first-order valence-corrected chi connectivity index (χ1v) is 10.9. The number of esters is 1. The highest BCUT2D eigenvalue weighted by atomic mass is 16.5. The molecule has 1 saturated carbocycles. The van der Waals surface area contributed by atoms with Gasteiger partial charge in [-0.15, -0.1) is 0 Å². The second kappa shape index (κ2) is 10.3. The van der Waals surface area contributed by atoms with Crippen LogP contribution < -0.4 is 4.74 Å². The van der Waals surface area contributed by atoms with Crippen LogP contribution in [0.2, 0.25) is 0 Å². The van der Waals surface area contributed by atoms with Crippen molar-refractivity contribution < 1.29 is 9.53 Å². The van der Waals surface area contributed by atoms with Crippen LogP contribution in [0.3, 0.4) is 0 Å². The van der Waals surface area contributed by atoms with Gasteiger partial charge in [0.05, 0.1) is 11.1 Å². The van der Waals surface area contributed by atoms with Gasteiger partial charge in [0.25, 0.3) is 0 Å². The van der Waals surface area contributed by atoms with Crippen LogP contribution in [0.1, 0.15) is 91.3 Å². The van der Waals surface area contributed by atoms with E-state index in [1.165, 1.54) is 56.9 Å². The quantitative estimate of drug-likeness (QED) is 0.293. The molecular formula is C26H31NO2. The number of unbranched alkanes of at least 4 members (excludes halogenated alkanes) is 2. The Morgan fingerprint density at radius 1 is 1.07 bits per heavy atom. The van der Waals surface area contributed by atoms with Crippen molar-refractivity contribution in [1.29, 1.82) is 5.26 Å². The van der Waals surface area contributed by atoms with Crippen LogP contribution in [0.15, 0.2) is 42.5 Å². The molecule has 1 fully saturated rings. The van der Waals surface area contributed by atoms with E-state index in [4.69, 9.17) is 4.74 Å². The van der Waals surface area contributed by atoms with E-state index >= 15 is 0 Å². The Hall–Kier alpha value is -2.60. The molecule has 0 N–H and O–H groups in total. The Kier molecular flexibility index (Phi) is 7.47. The van der Waals surface area contributed by atoms with Crippen LogP contribution in [0, 0.1) is 24.2 Å². The van der Waals surface area contributed by atoms with E-state index in [0.717, 1.165) is 11.5 Å². The van der Waals surface area contributed by atoms with E-state index in [-0.39, 0.29) is 0 Å². The summed E-state index contributed by atoms with van der Waals surface area (Å²) in [5.74, 6) is 1.39. The zero-order valence-corrected chi connectivity index (χ0v) is 17.6. The predicted molar refractivity (Wildman–Crippen MR) is 116 cm³/mol. The van der Waals surface area contributed by atoms with Crippen LogP contribution >= 0.6 is 0 Å². The van der Waals surface area contributed by atoms with Crippen molar-refractivity contribution >= 4 is 5.97 Å². The smallest absolute Gasteiger partial charge is 0.343 e. The summed E-state index contributed by atoms with van der Waals surface area (Å²) in [4.78, 5) is 12.5. The summed E-state index contributed by atoms with van der Waals surface area (Å²) in [6.45, 7) is 4.17. The number of ether oxygens (including phenoxy) is 1. The Bertz CT molecular complexity index is 855. The van der Waals surface area contributed by atoms with E-state index in [0.29, 0.717) is 22.8 Å². The van der Waals surface area contributed by atoms with Crippen molar-refractivity contribution in [2.24, 2.45) is 5.92 Å². The summed E-state index contributed by atoms with van der Waals surface area (Å²) >= 11 is 0. The Morgan fingerprint density at radius 3 is 2.45 bits per heavy atom. The van der Waals surface area contributed by atoms with Gasteiger partial charge in [-0.25, -0.2) is 4.79 Å². The largest absolute Gasteiger partial charge is 0.422 e. The highest BCUT2D eigenvalue weighted by Gasteiger charge is 2.22. The van der Waals surface area contributed by atoms with Gasteiger partial charge in [-0.05, 0) is 79.8 Å². The number of rotatable bonds is 7. The zero-order chi connectivity index (χ0) is 20.6. The fourth-order valence-corrected chi connectivity index (χ4v) is 4.34. The Morgan fingerprint density at radius 2 is 1.79 bits per heavy atom. The number of aryl methyl sites for hydroxylation is 1. The third-order valence-electron chi connectivity index (χ3n) is 6.14. The fraction of sp³-hybridized carbons (Fsp3) is 0.462. The minimum atomic E-state index is -0.420. The second-order valence-corrected chi connectivity index (χ2v) is 8.34. The molecule has 0 spiro atoms. The topological polar surface area (TPSA) is 50.1 Å². The maximum absolute atomic E-state index is 12.5. The van der Waals surface area contributed by atoms with E-state index < -0.39 is 5.97 Å². The summed E-state index contributed by atoms with van der Waals surface area (Å²) in [6, 6.07) is 15.2. The first kappa shape index (κ1) is 21.1. The molecule has 0 unspecified atom stereocenters. The minimum Gasteiger partial charge on any atom is -0.422 e. The summed E-state index contributed by atoms with van der Waals surface area (Å²) in [7, 11) is 0. The monoisotopic (exact) mass is 389 g/mol. The summed E-state index contributed by atoms with van der Waals surface area (Å²) in [6.07, 6.45) is 10.5. The van der Waals surface area contributed by atoms with Crippen molar-refractivity contribution in [1.82, 2.24) is 0 Å². The molecular weight excluding hydrogens is 358 g/mol. The van der Waals surface area contributed by atoms with Gasteiger partial charge in [-0.1, -0.05) is 50.8 Å². The first-order valence-electron chi connectivity index (χ1n) is 10.9. The SMILES string of the molecule is CCCCCC1CCC(c2ccc(C(=O)Oc3ccc(C)cc3C#N)cc2)CC1. The van der Waals surface area contributed by atoms with Crippen LogP contribution in [0.25, 0.3) is 0 Å². The van der Waals surface area contributed by atoms with Gasteiger partial charge in [-0.3, -0.25) is 0 Å². The molecule has 3 rings (SSSR count). The molecule has 152 valence electrons. The van der Waals surface area contributed by atoms with E-state index in [1.54, 1.807) is 12.1 Å². The normalized spacial score (nSPS) is 18.8. The summed E-state index contributed by atoms with van der Waals surface area (Å²) in [5, 5.41) is 9.24. The molecule has 0 heterocycles. The lowest BCUT2D eigenvalue weighted by Crippen LogP contribution is -2.14. The first-order chi connectivity index (χ1) is 14.1. The Balaban J connectivity index is 1.57. The van der Waals surface area contributed by atoms with Crippen molar-refractivity contribution in [3.05, 3.63) is 64.7 Å². The van der Waals surface area contributed by atoms with Gasteiger partial charge in [0.2, 0.25) is 0 Å². The molecule has 29 heavy (non-hydrogen) atoms. The number of nitriles is 1. The van der Waals surface area contributed by atoms with E-state index in [1.807, 2.05) is 25.1 Å². The molecule has 0 atom stereocenters. The van der Waals surface area contributed by atoms with Crippen LogP contribution in [0.4, 0.5) is 0 Å². The molecule has 0 saturated heterocycles. The van der Waals surface area contributed by atoms with Crippen molar-refractivity contribution in [2.45, 2.75) is 71.1 Å². The lowest BCUT2D eigenvalue weighted by atomic mass is 9.77. The highest BCUT2D eigenvalue weighted by molar-refractivity contribution is 5.91. The minimum absolute atomic E-state index is 0.313. The number of nitrogens with zero attached hydrogens (tertiary/aromatic N) is 1. The lowest BCUT2D eigenvalue weighted by molar-refractivity contribution is 0.0734. The number of benzene rings is 2. The molecule has 3 nitrogen and oxygen atoms in total. The molecule has 3 heteroatoms. The van der Waals surface area contributed by atoms with Gasteiger partial charge < -0.3 is 4.74 Å². The van der Waals surface area contributed by atoms with E-state index in [9.17, 15) is 10.1 Å². The standard InChI is InChI=1S/C26H31NO2/c1-3-4-5-6-20-8-10-21(11-9-20)22-12-14-23(15-13-22)26(28)29-25-16-7-19(2)17-24(25)18-27/h7,12-17,20-21H,3-6,8-11H2,1-2H3. The lowest BCUT2D eigenvalue weighted by Gasteiger charge is -2.29. The molecule has 0 radical (unpaired) electrons. The number of hydrogen-bond acceptors (Lipinski definition) is 3. The van der Waals surface area contributed by atoms with Crippen LogP contribution in [-0.4, -0.2) is 5.97 Å². The van der Waals surface area contributed by atoms with Crippen molar-refractivity contribution in [3.63, 3.8) is 0 Å². The summed E-state index contributed by atoms with van der Waals surface area (Å²) < 4.78 is 5.46. The maximum Gasteiger partial charge on any atom is 0.343 e. The van der Waals surface area contributed by atoms with Gasteiger partial charge in [0, 0.05) is 0 Å². The summed E-state index contributed by atoms with van der Waals surface area (Å²) in [5.41, 5.74) is 3.18. The fourth-order valence-electron chi connectivity index (χ4n) is 4.34.